The summed E-state index contributed by atoms with van der Waals surface area (Å²) >= 11 is 0. The average Bonchev–Trinajstić information content (AvgIpc) is 2.39. The van der Waals surface area contributed by atoms with Gasteiger partial charge in [-0.15, -0.1) is 0 Å². The van der Waals surface area contributed by atoms with Crippen LogP contribution in [0.25, 0.3) is 0 Å². The summed E-state index contributed by atoms with van der Waals surface area (Å²) in [4.78, 5) is 3.94. The molecule has 2 aromatic rings. The molecule has 19 heavy (non-hydrogen) atoms. The fourth-order valence-corrected chi connectivity index (χ4v) is 1.81. The molecule has 1 N–H and O–H groups in total. The van der Waals surface area contributed by atoms with Crippen molar-refractivity contribution in [3.05, 3.63) is 59.7 Å². The minimum atomic E-state index is -0.684. The van der Waals surface area contributed by atoms with Crippen LogP contribution in [0.2, 0.25) is 0 Å². The third kappa shape index (κ3) is 3.76. The number of pyridine rings is 1. The first-order valence-electron chi connectivity index (χ1n) is 6.16. The van der Waals surface area contributed by atoms with Gasteiger partial charge in [0.2, 0.25) is 0 Å². The molecule has 0 aliphatic carbocycles. The number of aliphatic hydroxyl groups is 1. The van der Waals surface area contributed by atoms with Crippen molar-refractivity contribution >= 4 is 0 Å². The van der Waals surface area contributed by atoms with Crippen molar-refractivity contribution in [2.75, 3.05) is 6.61 Å². The molecule has 3 nitrogen and oxygen atoms in total. The van der Waals surface area contributed by atoms with E-state index in [0.717, 1.165) is 5.56 Å². The second-order valence-corrected chi connectivity index (χ2v) is 4.31. The molecule has 0 radical (unpaired) electrons. The minimum absolute atomic E-state index is 0.372. The second-order valence-electron chi connectivity index (χ2n) is 4.31. The lowest BCUT2D eigenvalue weighted by molar-refractivity contribution is 0.191. The Labute approximate surface area is 111 Å². The lowest BCUT2D eigenvalue weighted by Gasteiger charge is -2.13. The van der Waals surface area contributed by atoms with Gasteiger partial charge in [-0.25, -0.2) is 4.39 Å². The summed E-state index contributed by atoms with van der Waals surface area (Å²) in [5.74, 6) is 0.0207. The van der Waals surface area contributed by atoms with Crippen LogP contribution in [0.15, 0.2) is 42.7 Å². The second kappa shape index (κ2) is 6.29. The maximum absolute atomic E-state index is 13.2. The van der Waals surface area contributed by atoms with E-state index in [-0.39, 0.29) is 5.82 Å². The van der Waals surface area contributed by atoms with Gasteiger partial charge in [0, 0.05) is 30.4 Å². The van der Waals surface area contributed by atoms with E-state index in [1.54, 1.807) is 25.4 Å². The fraction of sp³-hybridized carbons (Fsp3) is 0.267. The molecule has 0 aliphatic heterocycles. The van der Waals surface area contributed by atoms with Crippen molar-refractivity contribution in [3.8, 4) is 5.75 Å². The molecule has 100 valence electrons. The summed E-state index contributed by atoms with van der Waals surface area (Å²) in [7, 11) is 0. The molecule has 2 rings (SSSR count). The van der Waals surface area contributed by atoms with Gasteiger partial charge in [-0.05, 0) is 36.8 Å². The normalized spacial score (nSPS) is 12.2. The third-order valence-electron chi connectivity index (χ3n) is 2.82. The van der Waals surface area contributed by atoms with E-state index in [9.17, 15) is 9.50 Å². The maximum Gasteiger partial charge on any atom is 0.128 e. The molecule has 0 bridgehead atoms. The maximum atomic E-state index is 13.2. The summed E-state index contributed by atoms with van der Waals surface area (Å²) < 4.78 is 18.8. The van der Waals surface area contributed by atoms with Crippen LogP contribution in [0.4, 0.5) is 4.39 Å². The van der Waals surface area contributed by atoms with E-state index in [2.05, 4.69) is 4.98 Å². The summed E-state index contributed by atoms with van der Waals surface area (Å²) in [5.41, 5.74) is 1.70. The molecular formula is C15H16FNO2. The summed E-state index contributed by atoms with van der Waals surface area (Å²) in [6, 6.07) is 7.98. The monoisotopic (exact) mass is 261 g/mol. The largest absolute Gasteiger partial charge is 0.493 e. The van der Waals surface area contributed by atoms with Crippen molar-refractivity contribution in [1.29, 1.82) is 0 Å². The Bertz CT molecular complexity index is 529. The van der Waals surface area contributed by atoms with Gasteiger partial charge in [-0.3, -0.25) is 4.98 Å². The average molecular weight is 261 g/mol. The van der Waals surface area contributed by atoms with Gasteiger partial charge in [0.1, 0.15) is 11.6 Å². The fourth-order valence-electron chi connectivity index (χ4n) is 1.81. The number of nitrogens with zero attached hydrogens (tertiary/aromatic N) is 1. The van der Waals surface area contributed by atoms with E-state index in [4.69, 9.17) is 4.74 Å². The molecule has 4 heteroatoms. The van der Waals surface area contributed by atoms with Gasteiger partial charge < -0.3 is 9.84 Å². The molecular weight excluding hydrogens is 245 g/mol. The molecule has 0 fully saturated rings. The smallest absolute Gasteiger partial charge is 0.128 e. The predicted octanol–water partition coefficient (Wildman–Crippen LogP) is 2.90. The predicted molar refractivity (Wildman–Crippen MR) is 70.5 cm³/mol. The van der Waals surface area contributed by atoms with Gasteiger partial charge in [0.05, 0.1) is 12.7 Å². The number of ether oxygens (including phenoxy) is 1. The minimum Gasteiger partial charge on any atom is -0.493 e. The molecule has 1 aromatic carbocycles. The van der Waals surface area contributed by atoms with E-state index >= 15 is 0 Å². The zero-order chi connectivity index (χ0) is 13.7. The molecule has 0 aliphatic rings. The molecule has 1 atom stereocenters. The highest BCUT2D eigenvalue weighted by atomic mass is 19.1. The van der Waals surface area contributed by atoms with Gasteiger partial charge in [-0.1, -0.05) is 0 Å². The van der Waals surface area contributed by atoms with E-state index in [0.29, 0.717) is 24.3 Å². The number of aromatic nitrogens is 1. The SMILES string of the molecule is C[C@H](O)c1ccc(F)cc1OCCc1ccncc1. The molecule has 1 aromatic heterocycles. The van der Waals surface area contributed by atoms with Crippen molar-refractivity contribution < 1.29 is 14.2 Å². The molecule has 0 unspecified atom stereocenters. The lowest BCUT2D eigenvalue weighted by atomic mass is 10.1. The Morgan fingerprint density at radius 2 is 2.00 bits per heavy atom. The van der Waals surface area contributed by atoms with Crippen molar-refractivity contribution in [2.45, 2.75) is 19.4 Å². The van der Waals surface area contributed by atoms with Crippen LogP contribution in [-0.2, 0) is 6.42 Å². The highest BCUT2D eigenvalue weighted by molar-refractivity contribution is 5.35. The van der Waals surface area contributed by atoms with Crippen molar-refractivity contribution in [1.82, 2.24) is 4.98 Å². The zero-order valence-corrected chi connectivity index (χ0v) is 10.7. The van der Waals surface area contributed by atoms with E-state index in [1.165, 1.54) is 12.1 Å². The number of benzene rings is 1. The first-order valence-corrected chi connectivity index (χ1v) is 6.16. The molecule has 1 heterocycles. The zero-order valence-electron chi connectivity index (χ0n) is 10.7. The van der Waals surface area contributed by atoms with Crippen LogP contribution in [0.5, 0.6) is 5.75 Å². The van der Waals surface area contributed by atoms with Crippen molar-refractivity contribution in [3.63, 3.8) is 0 Å². The summed E-state index contributed by atoms with van der Waals surface area (Å²) in [6.45, 7) is 2.05. The van der Waals surface area contributed by atoms with Crippen LogP contribution in [0.3, 0.4) is 0 Å². The Hall–Kier alpha value is -1.94. The molecule has 0 spiro atoms. The topological polar surface area (TPSA) is 42.4 Å². The number of hydrogen-bond donors (Lipinski definition) is 1. The number of rotatable bonds is 5. The van der Waals surface area contributed by atoms with Gasteiger partial charge in [0.15, 0.2) is 0 Å². The Kier molecular flexibility index (Phi) is 4.47. The van der Waals surface area contributed by atoms with Crippen LogP contribution >= 0.6 is 0 Å². The standard InChI is InChI=1S/C15H16FNO2/c1-11(18)14-3-2-13(16)10-15(14)19-9-6-12-4-7-17-8-5-12/h2-5,7-8,10-11,18H,6,9H2,1H3/t11-/m0/s1. The Balaban J connectivity index is 2.01. The van der Waals surface area contributed by atoms with Gasteiger partial charge >= 0.3 is 0 Å². The van der Waals surface area contributed by atoms with E-state index < -0.39 is 6.10 Å². The van der Waals surface area contributed by atoms with Gasteiger partial charge in [-0.2, -0.15) is 0 Å². The molecule has 0 saturated heterocycles. The number of aliphatic hydroxyl groups excluding tert-OH is 1. The molecule has 0 amide bonds. The number of halogens is 1. The first-order chi connectivity index (χ1) is 9.16. The Morgan fingerprint density at radius 3 is 2.68 bits per heavy atom. The quantitative estimate of drug-likeness (QED) is 0.899. The van der Waals surface area contributed by atoms with Gasteiger partial charge in [0.25, 0.3) is 0 Å². The highest BCUT2D eigenvalue weighted by Crippen LogP contribution is 2.26. The van der Waals surface area contributed by atoms with E-state index in [1.807, 2.05) is 12.1 Å². The summed E-state index contributed by atoms with van der Waals surface area (Å²) in [6.07, 6.45) is 3.46. The van der Waals surface area contributed by atoms with Crippen LogP contribution in [0, 0.1) is 5.82 Å². The third-order valence-corrected chi connectivity index (χ3v) is 2.82. The van der Waals surface area contributed by atoms with Crippen LogP contribution < -0.4 is 4.74 Å². The number of hydrogen-bond acceptors (Lipinski definition) is 3. The van der Waals surface area contributed by atoms with Crippen LogP contribution in [-0.4, -0.2) is 16.7 Å². The molecule has 0 saturated carbocycles. The van der Waals surface area contributed by atoms with Crippen molar-refractivity contribution in [2.24, 2.45) is 0 Å². The van der Waals surface area contributed by atoms with Crippen LogP contribution in [0.1, 0.15) is 24.2 Å². The first kappa shape index (κ1) is 13.5. The summed E-state index contributed by atoms with van der Waals surface area (Å²) in [5, 5.41) is 9.60. The highest BCUT2D eigenvalue weighted by Gasteiger charge is 2.10. The lowest BCUT2D eigenvalue weighted by Crippen LogP contribution is -2.05. The Morgan fingerprint density at radius 1 is 1.26 bits per heavy atom.